The topological polar surface area (TPSA) is 37.8 Å². The second-order valence-electron chi connectivity index (χ2n) is 2.53. The number of anilines is 1. The molecule has 0 radical (unpaired) electrons. The molecule has 0 atom stereocenters. The van der Waals surface area contributed by atoms with E-state index in [4.69, 9.17) is 11.6 Å². The molecule has 0 aliphatic carbocycles. The lowest BCUT2D eigenvalue weighted by Gasteiger charge is -2.07. The van der Waals surface area contributed by atoms with Gasteiger partial charge in [0.05, 0.1) is 12.4 Å². The summed E-state index contributed by atoms with van der Waals surface area (Å²) in [5.74, 6) is 0.715. The van der Waals surface area contributed by atoms with Crippen LogP contribution >= 0.6 is 11.6 Å². The van der Waals surface area contributed by atoms with Crippen LogP contribution in [-0.2, 0) is 0 Å². The van der Waals surface area contributed by atoms with E-state index in [1.807, 2.05) is 27.7 Å². The van der Waals surface area contributed by atoms with Gasteiger partial charge in [0.1, 0.15) is 11.0 Å². The summed E-state index contributed by atoms with van der Waals surface area (Å²) in [5.41, 5.74) is 0. The Kier molecular flexibility index (Phi) is 6.24. The van der Waals surface area contributed by atoms with Gasteiger partial charge >= 0.3 is 0 Å². The maximum absolute atomic E-state index is 5.61. The standard InChI is InChI=1S/C7H10ClN3.C2H6/c1-5(2)10-7-4-9-3-6(8)11-7;1-2/h3-5H,1-2H3,(H,10,11);1-2H3. The van der Waals surface area contributed by atoms with Gasteiger partial charge in [0, 0.05) is 6.04 Å². The Morgan fingerprint density at radius 2 is 1.92 bits per heavy atom. The molecule has 0 unspecified atom stereocenters. The molecule has 0 fully saturated rings. The molecule has 0 spiro atoms. The highest BCUT2D eigenvalue weighted by molar-refractivity contribution is 6.29. The number of rotatable bonds is 2. The van der Waals surface area contributed by atoms with Crippen molar-refractivity contribution in [1.82, 2.24) is 9.97 Å². The van der Waals surface area contributed by atoms with Crippen molar-refractivity contribution in [2.24, 2.45) is 0 Å². The number of nitrogens with one attached hydrogen (secondary N) is 1. The largest absolute Gasteiger partial charge is 0.367 e. The van der Waals surface area contributed by atoms with Crippen molar-refractivity contribution in [1.29, 1.82) is 0 Å². The minimum Gasteiger partial charge on any atom is -0.367 e. The van der Waals surface area contributed by atoms with Gasteiger partial charge < -0.3 is 5.32 Å². The molecule has 0 saturated heterocycles. The average Bonchev–Trinajstić information content (AvgIpc) is 2.06. The van der Waals surface area contributed by atoms with Gasteiger partial charge in [-0.2, -0.15) is 0 Å². The minimum atomic E-state index is 0.350. The number of halogens is 1. The zero-order valence-corrected chi connectivity index (χ0v) is 9.26. The molecule has 74 valence electrons. The van der Waals surface area contributed by atoms with Crippen LogP contribution < -0.4 is 5.32 Å². The number of aromatic nitrogens is 2. The van der Waals surface area contributed by atoms with Crippen molar-refractivity contribution in [3.05, 3.63) is 17.5 Å². The Labute approximate surface area is 84.6 Å². The lowest BCUT2D eigenvalue weighted by atomic mass is 10.4. The maximum Gasteiger partial charge on any atom is 0.149 e. The summed E-state index contributed by atoms with van der Waals surface area (Å²) >= 11 is 5.61. The summed E-state index contributed by atoms with van der Waals surface area (Å²) in [7, 11) is 0. The first kappa shape index (κ1) is 12.2. The normalized spacial score (nSPS) is 9.08. The molecular weight excluding hydrogens is 186 g/mol. The van der Waals surface area contributed by atoms with E-state index < -0.39 is 0 Å². The Balaban J connectivity index is 0.000000671. The molecule has 1 aromatic heterocycles. The zero-order chi connectivity index (χ0) is 10.3. The molecular formula is C9H16ClN3. The second-order valence-corrected chi connectivity index (χ2v) is 2.91. The molecule has 1 N–H and O–H groups in total. The van der Waals surface area contributed by atoms with Crippen LogP contribution in [0.25, 0.3) is 0 Å². The molecule has 1 heterocycles. The van der Waals surface area contributed by atoms with Gasteiger partial charge in [-0.3, -0.25) is 4.98 Å². The first-order valence-electron chi connectivity index (χ1n) is 4.42. The van der Waals surface area contributed by atoms with Gasteiger partial charge in [-0.25, -0.2) is 4.98 Å². The molecule has 0 bridgehead atoms. The van der Waals surface area contributed by atoms with Crippen LogP contribution in [0.15, 0.2) is 12.4 Å². The summed E-state index contributed by atoms with van der Waals surface area (Å²) < 4.78 is 0. The van der Waals surface area contributed by atoms with Gasteiger partial charge in [0.25, 0.3) is 0 Å². The van der Waals surface area contributed by atoms with Crippen LogP contribution in [0.2, 0.25) is 5.15 Å². The predicted molar refractivity (Wildman–Crippen MR) is 57.1 cm³/mol. The van der Waals surface area contributed by atoms with Crippen LogP contribution in [0.1, 0.15) is 27.7 Å². The van der Waals surface area contributed by atoms with Gasteiger partial charge in [-0.15, -0.1) is 0 Å². The Hall–Kier alpha value is -0.830. The zero-order valence-electron chi connectivity index (χ0n) is 8.50. The minimum absolute atomic E-state index is 0.350. The third kappa shape index (κ3) is 5.42. The van der Waals surface area contributed by atoms with Crippen LogP contribution in [0, 0.1) is 0 Å². The van der Waals surface area contributed by atoms with Gasteiger partial charge in [-0.05, 0) is 13.8 Å². The molecule has 1 rings (SSSR count). The molecule has 0 aliphatic rings. The molecule has 0 amide bonds. The number of hydrogen-bond donors (Lipinski definition) is 1. The van der Waals surface area contributed by atoms with Crippen molar-refractivity contribution in [2.75, 3.05) is 5.32 Å². The van der Waals surface area contributed by atoms with E-state index in [1.54, 1.807) is 6.20 Å². The van der Waals surface area contributed by atoms with Crippen LogP contribution in [-0.4, -0.2) is 16.0 Å². The monoisotopic (exact) mass is 201 g/mol. The van der Waals surface area contributed by atoms with E-state index in [-0.39, 0.29) is 0 Å². The fraction of sp³-hybridized carbons (Fsp3) is 0.556. The highest BCUT2D eigenvalue weighted by atomic mass is 35.5. The SMILES string of the molecule is CC.CC(C)Nc1cncc(Cl)n1. The Morgan fingerprint density at radius 1 is 1.31 bits per heavy atom. The van der Waals surface area contributed by atoms with Crippen molar-refractivity contribution < 1.29 is 0 Å². The smallest absolute Gasteiger partial charge is 0.149 e. The molecule has 13 heavy (non-hydrogen) atoms. The predicted octanol–water partition coefficient (Wildman–Crippen LogP) is 2.98. The fourth-order valence-corrected chi connectivity index (χ4v) is 0.855. The molecule has 4 heteroatoms. The Morgan fingerprint density at radius 3 is 2.38 bits per heavy atom. The first-order chi connectivity index (χ1) is 6.18. The third-order valence-corrected chi connectivity index (χ3v) is 1.22. The summed E-state index contributed by atoms with van der Waals surface area (Å²) in [5, 5.41) is 3.50. The van der Waals surface area contributed by atoms with Crippen molar-refractivity contribution in [3.8, 4) is 0 Å². The molecule has 1 aromatic rings. The van der Waals surface area contributed by atoms with E-state index in [2.05, 4.69) is 15.3 Å². The van der Waals surface area contributed by atoms with E-state index in [0.29, 0.717) is 17.0 Å². The van der Waals surface area contributed by atoms with Crippen LogP contribution in [0.5, 0.6) is 0 Å². The second kappa shape index (κ2) is 6.66. The molecule has 0 aromatic carbocycles. The Bertz CT molecular complexity index is 238. The lowest BCUT2D eigenvalue weighted by molar-refractivity contribution is 0.886. The fourth-order valence-electron chi connectivity index (χ4n) is 0.707. The van der Waals surface area contributed by atoms with E-state index in [9.17, 15) is 0 Å². The lowest BCUT2D eigenvalue weighted by Crippen LogP contribution is -2.11. The van der Waals surface area contributed by atoms with Gasteiger partial charge in [0.15, 0.2) is 0 Å². The van der Waals surface area contributed by atoms with E-state index in [1.165, 1.54) is 6.20 Å². The van der Waals surface area contributed by atoms with E-state index in [0.717, 1.165) is 0 Å². The summed E-state index contributed by atoms with van der Waals surface area (Å²) in [4.78, 5) is 7.89. The molecule has 3 nitrogen and oxygen atoms in total. The van der Waals surface area contributed by atoms with Crippen LogP contribution in [0.3, 0.4) is 0 Å². The van der Waals surface area contributed by atoms with Crippen molar-refractivity contribution in [3.63, 3.8) is 0 Å². The third-order valence-electron chi connectivity index (χ3n) is 1.04. The summed E-state index contributed by atoms with van der Waals surface area (Å²) in [6, 6.07) is 0.350. The van der Waals surface area contributed by atoms with E-state index >= 15 is 0 Å². The summed E-state index contributed by atoms with van der Waals surface area (Å²) in [6.07, 6.45) is 3.15. The first-order valence-corrected chi connectivity index (χ1v) is 4.80. The number of nitrogens with zero attached hydrogens (tertiary/aromatic N) is 2. The van der Waals surface area contributed by atoms with Crippen LogP contribution in [0.4, 0.5) is 5.82 Å². The molecule has 0 aliphatic heterocycles. The maximum atomic E-state index is 5.61. The summed E-state index contributed by atoms with van der Waals surface area (Å²) in [6.45, 7) is 8.06. The highest BCUT2D eigenvalue weighted by Crippen LogP contribution is 2.07. The van der Waals surface area contributed by atoms with Gasteiger partial charge in [-0.1, -0.05) is 25.4 Å². The number of hydrogen-bond acceptors (Lipinski definition) is 3. The van der Waals surface area contributed by atoms with Crippen molar-refractivity contribution >= 4 is 17.4 Å². The van der Waals surface area contributed by atoms with Gasteiger partial charge in [0.2, 0.25) is 0 Å². The van der Waals surface area contributed by atoms with Crippen molar-refractivity contribution in [2.45, 2.75) is 33.7 Å². The quantitative estimate of drug-likeness (QED) is 0.800. The molecule has 0 saturated carbocycles. The average molecular weight is 202 g/mol. The highest BCUT2D eigenvalue weighted by Gasteiger charge is 1.96.